The standard InChI is InChI=1S/C16H21N3O2/c20-15(17-14-4-2-1-3-5-14)12-18-8-10-19(11-9-18)16(21)13-6-7-13/h1-5,13H,6-12H2,(H,17,20). The monoisotopic (exact) mass is 287 g/mol. The molecule has 1 aliphatic carbocycles. The number of para-hydroxylation sites is 1. The van der Waals surface area contributed by atoms with E-state index in [1.54, 1.807) is 0 Å². The zero-order chi connectivity index (χ0) is 14.7. The summed E-state index contributed by atoms with van der Waals surface area (Å²) in [6.07, 6.45) is 2.11. The highest BCUT2D eigenvalue weighted by molar-refractivity contribution is 5.92. The van der Waals surface area contributed by atoms with Gasteiger partial charge in [0.25, 0.3) is 0 Å². The molecule has 0 aromatic heterocycles. The number of piperazine rings is 1. The molecule has 1 heterocycles. The summed E-state index contributed by atoms with van der Waals surface area (Å²) < 4.78 is 0. The molecule has 1 N–H and O–H groups in total. The fraction of sp³-hybridized carbons (Fsp3) is 0.500. The SMILES string of the molecule is O=C(CN1CCN(C(=O)C2CC2)CC1)Nc1ccccc1. The van der Waals surface area contributed by atoms with Gasteiger partial charge in [-0.1, -0.05) is 18.2 Å². The van der Waals surface area contributed by atoms with E-state index in [9.17, 15) is 9.59 Å². The quantitative estimate of drug-likeness (QED) is 0.905. The van der Waals surface area contributed by atoms with E-state index in [1.165, 1.54) is 0 Å². The predicted molar refractivity (Wildman–Crippen MR) is 80.8 cm³/mol. The van der Waals surface area contributed by atoms with Gasteiger partial charge in [-0.3, -0.25) is 14.5 Å². The second-order valence-corrected chi connectivity index (χ2v) is 5.79. The van der Waals surface area contributed by atoms with Crippen LogP contribution in [0.1, 0.15) is 12.8 Å². The van der Waals surface area contributed by atoms with E-state index in [1.807, 2.05) is 35.2 Å². The smallest absolute Gasteiger partial charge is 0.238 e. The Morgan fingerprint density at radius 2 is 1.71 bits per heavy atom. The Balaban J connectivity index is 1.42. The van der Waals surface area contributed by atoms with Crippen LogP contribution in [0.25, 0.3) is 0 Å². The van der Waals surface area contributed by atoms with E-state index < -0.39 is 0 Å². The van der Waals surface area contributed by atoms with E-state index in [-0.39, 0.29) is 11.8 Å². The van der Waals surface area contributed by atoms with Crippen molar-refractivity contribution in [2.45, 2.75) is 12.8 Å². The molecule has 0 atom stereocenters. The van der Waals surface area contributed by atoms with Gasteiger partial charge in [-0.05, 0) is 25.0 Å². The van der Waals surface area contributed by atoms with Gasteiger partial charge in [-0.15, -0.1) is 0 Å². The van der Waals surface area contributed by atoms with E-state index >= 15 is 0 Å². The summed E-state index contributed by atoms with van der Waals surface area (Å²) in [6.45, 7) is 3.43. The molecule has 0 unspecified atom stereocenters. The highest BCUT2D eigenvalue weighted by Crippen LogP contribution is 2.31. The number of anilines is 1. The van der Waals surface area contributed by atoms with Gasteiger partial charge in [0, 0.05) is 37.8 Å². The number of hydrogen-bond donors (Lipinski definition) is 1. The molecule has 5 nitrogen and oxygen atoms in total. The normalized spacial score (nSPS) is 19.3. The van der Waals surface area contributed by atoms with Crippen molar-refractivity contribution in [3.8, 4) is 0 Å². The van der Waals surface area contributed by atoms with Crippen LogP contribution >= 0.6 is 0 Å². The molecule has 2 fully saturated rings. The lowest BCUT2D eigenvalue weighted by molar-refractivity contribution is -0.134. The Labute approximate surface area is 124 Å². The molecule has 3 rings (SSSR count). The number of nitrogens with one attached hydrogen (secondary N) is 1. The fourth-order valence-corrected chi connectivity index (χ4v) is 2.64. The highest BCUT2D eigenvalue weighted by atomic mass is 16.2. The Kier molecular flexibility index (Phi) is 4.20. The van der Waals surface area contributed by atoms with Gasteiger partial charge >= 0.3 is 0 Å². The van der Waals surface area contributed by atoms with Crippen LogP contribution in [0.2, 0.25) is 0 Å². The second-order valence-electron chi connectivity index (χ2n) is 5.79. The van der Waals surface area contributed by atoms with Crippen molar-refractivity contribution in [2.75, 3.05) is 38.0 Å². The van der Waals surface area contributed by atoms with Crippen molar-refractivity contribution in [3.05, 3.63) is 30.3 Å². The minimum absolute atomic E-state index is 0.00293. The third-order valence-corrected chi connectivity index (χ3v) is 4.04. The van der Waals surface area contributed by atoms with Gasteiger partial charge in [-0.2, -0.15) is 0 Å². The van der Waals surface area contributed by atoms with Crippen LogP contribution < -0.4 is 5.32 Å². The summed E-state index contributed by atoms with van der Waals surface area (Å²) in [7, 11) is 0. The van der Waals surface area contributed by atoms with E-state index in [2.05, 4.69) is 10.2 Å². The average Bonchev–Trinajstić information content (AvgIpc) is 3.33. The van der Waals surface area contributed by atoms with E-state index in [0.717, 1.165) is 44.7 Å². The molecule has 0 spiro atoms. The third kappa shape index (κ3) is 3.82. The average molecular weight is 287 g/mol. The van der Waals surface area contributed by atoms with Crippen LogP contribution in [0.5, 0.6) is 0 Å². The second kappa shape index (κ2) is 6.26. The third-order valence-electron chi connectivity index (χ3n) is 4.04. The topological polar surface area (TPSA) is 52.7 Å². The van der Waals surface area contributed by atoms with E-state index in [0.29, 0.717) is 12.5 Å². The van der Waals surface area contributed by atoms with Gasteiger partial charge in [0.2, 0.25) is 11.8 Å². The van der Waals surface area contributed by atoms with Crippen molar-refractivity contribution in [2.24, 2.45) is 5.92 Å². The molecule has 0 radical (unpaired) electrons. The molecular weight excluding hydrogens is 266 g/mol. The van der Waals surface area contributed by atoms with Gasteiger partial charge in [0.1, 0.15) is 0 Å². The maximum Gasteiger partial charge on any atom is 0.238 e. The van der Waals surface area contributed by atoms with Gasteiger partial charge in [-0.25, -0.2) is 0 Å². The largest absolute Gasteiger partial charge is 0.340 e. The molecule has 21 heavy (non-hydrogen) atoms. The van der Waals surface area contributed by atoms with Gasteiger partial charge in [0.15, 0.2) is 0 Å². The summed E-state index contributed by atoms with van der Waals surface area (Å²) in [5, 5.41) is 2.89. The molecule has 1 aromatic rings. The van der Waals surface area contributed by atoms with Crippen molar-refractivity contribution in [3.63, 3.8) is 0 Å². The number of nitrogens with zero attached hydrogens (tertiary/aromatic N) is 2. The Hall–Kier alpha value is -1.88. The molecule has 1 aliphatic heterocycles. The minimum Gasteiger partial charge on any atom is -0.340 e. The lowest BCUT2D eigenvalue weighted by Crippen LogP contribution is -2.50. The summed E-state index contributed by atoms with van der Waals surface area (Å²) in [5.74, 6) is 0.601. The molecular formula is C16H21N3O2. The first-order valence-corrected chi connectivity index (χ1v) is 7.58. The van der Waals surface area contributed by atoms with Crippen LogP contribution in [-0.4, -0.2) is 54.3 Å². The molecule has 112 valence electrons. The first-order valence-electron chi connectivity index (χ1n) is 7.58. The molecule has 5 heteroatoms. The highest BCUT2D eigenvalue weighted by Gasteiger charge is 2.34. The molecule has 1 saturated heterocycles. The van der Waals surface area contributed by atoms with Crippen molar-refractivity contribution in [1.82, 2.24) is 9.80 Å². The summed E-state index contributed by atoms with van der Waals surface area (Å²) in [5.41, 5.74) is 0.824. The van der Waals surface area contributed by atoms with E-state index in [4.69, 9.17) is 0 Å². The zero-order valence-corrected chi connectivity index (χ0v) is 12.1. The number of rotatable bonds is 4. The van der Waals surface area contributed by atoms with Crippen LogP contribution in [0.15, 0.2) is 30.3 Å². The predicted octanol–water partition coefficient (Wildman–Crippen LogP) is 1.18. The molecule has 2 aliphatic rings. The van der Waals surface area contributed by atoms with Crippen LogP contribution in [0.4, 0.5) is 5.69 Å². The summed E-state index contributed by atoms with van der Waals surface area (Å²) >= 11 is 0. The molecule has 1 saturated carbocycles. The van der Waals surface area contributed by atoms with Gasteiger partial charge in [0.05, 0.1) is 6.54 Å². The van der Waals surface area contributed by atoms with Gasteiger partial charge < -0.3 is 10.2 Å². The zero-order valence-electron chi connectivity index (χ0n) is 12.1. The van der Waals surface area contributed by atoms with Crippen molar-refractivity contribution >= 4 is 17.5 Å². The van der Waals surface area contributed by atoms with Crippen LogP contribution in [0, 0.1) is 5.92 Å². The fourth-order valence-electron chi connectivity index (χ4n) is 2.64. The Morgan fingerprint density at radius 1 is 1.05 bits per heavy atom. The maximum atomic E-state index is 12.0. The first-order chi connectivity index (χ1) is 10.2. The number of amides is 2. The Morgan fingerprint density at radius 3 is 2.33 bits per heavy atom. The summed E-state index contributed by atoms with van der Waals surface area (Å²) in [6, 6.07) is 9.48. The maximum absolute atomic E-state index is 12.0. The van der Waals surface area contributed by atoms with Crippen molar-refractivity contribution < 1.29 is 9.59 Å². The number of benzene rings is 1. The number of carbonyl (C=O) groups excluding carboxylic acids is 2. The molecule has 2 amide bonds. The lowest BCUT2D eigenvalue weighted by atomic mass is 10.2. The number of carbonyl (C=O) groups is 2. The molecule has 0 bridgehead atoms. The molecule has 1 aromatic carbocycles. The van der Waals surface area contributed by atoms with Crippen LogP contribution in [0.3, 0.4) is 0 Å². The van der Waals surface area contributed by atoms with Crippen LogP contribution in [-0.2, 0) is 9.59 Å². The minimum atomic E-state index is 0.00293. The Bertz CT molecular complexity index is 506. The first kappa shape index (κ1) is 14.1. The number of hydrogen-bond acceptors (Lipinski definition) is 3. The van der Waals surface area contributed by atoms with Crippen molar-refractivity contribution in [1.29, 1.82) is 0 Å². The summed E-state index contributed by atoms with van der Waals surface area (Å²) in [4.78, 5) is 28.0. The lowest BCUT2D eigenvalue weighted by Gasteiger charge is -2.34.